The molecular weight excluding hydrogens is 134 g/mol. The molecule has 4 nitrogen and oxygen atoms in total. The highest BCUT2D eigenvalue weighted by molar-refractivity contribution is 4.88. The molecule has 4 N–H and O–H groups in total. The van der Waals surface area contributed by atoms with E-state index in [1.54, 1.807) is 0 Å². The van der Waals surface area contributed by atoms with Crippen molar-refractivity contribution in [3.63, 3.8) is 0 Å². The lowest BCUT2D eigenvalue weighted by molar-refractivity contribution is 0.0256. The number of hydrogen-bond acceptors (Lipinski definition) is 4. The molecule has 1 saturated heterocycles. The van der Waals surface area contributed by atoms with Gasteiger partial charge in [0.15, 0.2) is 0 Å². The minimum Gasteiger partial charge on any atom is -0.394 e. The minimum atomic E-state index is -0.836. The molecule has 0 aromatic heterocycles. The number of nitrogens with one attached hydrogen (secondary N) is 1. The van der Waals surface area contributed by atoms with Crippen molar-refractivity contribution in [2.24, 2.45) is 0 Å². The zero-order valence-electron chi connectivity index (χ0n) is 5.70. The SMILES string of the molecule is OC[C@@H](O)[C@H]1NCC[C@@H]1O. The Morgan fingerprint density at radius 1 is 1.60 bits per heavy atom. The van der Waals surface area contributed by atoms with Crippen molar-refractivity contribution >= 4 is 0 Å². The fraction of sp³-hybridized carbons (Fsp3) is 1.00. The average molecular weight is 147 g/mol. The van der Waals surface area contributed by atoms with E-state index in [9.17, 15) is 0 Å². The van der Waals surface area contributed by atoms with Gasteiger partial charge in [0, 0.05) is 0 Å². The Bertz CT molecular complexity index is 109. The van der Waals surface area contributed by atoms with Crippen LogP contribution in [0.25, 0.3) is 0 Å². The first-order chi connectivity index (χ1) is 4.75. The molecule has 1 aliphatic heterocycles. The Balaban J connectivity index is 2.38. The van der Waals surface area contributed by atoms with Gasteiger partial charge >= 0.3 is 0 Å². The van der Waals surface area contributed by atoms with Crippen molar-refractivity contribution in [3.05, 3.63) is 0 Å². The standard InChI is InChI=1S/C6H13NO3/c8-3-5(10)6-4(9)1-2-7-6/h4-10H,1-3H2/t4-,5+,6-/m0/s1. The number of aliphatic hydroxyl groups is 3. The van der Waals surface area contributed by atoms with E-state index in [1.807, 2.05) is 0 Å². The summed E-state index contributed by atoms with van der Waals surface area (Å²) in [5.74, 6) is 0. The van der Waals surface area contributed by atoms with Gasteiger partial charge in [-0.3, -0.25) is 0 Å². The van der Waals surface area contributed by atoms with Crippen LogP contribution in [0.4, 0.5) is 0 Å². The predicted molar refractivity (Wildman–Crippen MR) is 35.5 cm³/mol. The summed E-state index contributed by atoms with van der Waals surface area (Å²) in [5, 5.41) is 29.6. The van der Waals surface area contributed by atoms with E-state index in [2.05, 4.69) is 5.32 Å². The first kappa shape index (κ1) is 7.94. The molecule has 3 atom stereocenters. The topological polar surface area (TPSA) is 72.7 Å². The first-order valence-corrected chi connectivity index (χ1v) is 3.46. The van der Waals surface area contributed by atoms with Crippen LogP contribution in [0.3, 0.4) is 0 Å². The molecule has 1 fully saturated rings. The van der Waals surface area contributed by atoms with E-state index in [-0.39, 0.29) is 12.6 Å². The fourth-order valence-electron chi connectivity index (χ4n) is 1.22. The quantitative estimate of drug-likeness (QED) is 0.367. The normalized spacial score (nSPS) is 36.3. The number of rotatable bonds is 2. The summed E-state index contributed by atoms with van der Waals surface area (Å²) in [4.78, 5) is 0. The van der Waals surface area contributed by atoms with Crippen LogP contribution in [0.1, 0.15) is 6.42 Å². The van der Waals surface area contributed by atoms with Crippen molar-refractivity contribution in [1.82, 2.24) is 5.32 Å². The van der Waals surface area contributed by atoms with Crippen LogP contribution in [-0.2, 0) is 0 Å². The molecule has 0 bridgehead atoms. The van der Waals surface area contributed by atoms with Gasteiger partial charge in [0.1, 0.15) is 0 Å². The molecule has 0 aromatic carbocycles. The maximum absolute atomic E-state index is 9.16. The maximum atomic E-state index is 9.16. The molecule has 0 saturated carbocycles. The largest absolute Gasteiger partial charge is 0.394 e. The van der Waals surface area contributed by atoms with Crippen molar-refractivity contribution < 1.29 is 15.3 Å². The summed E-state index contributed by atoms with van der Waals surface area (Å²) < 4.78 is 0. The van der Waals surface area contributed by atoms with Crippen molar-refractivity contribution in [3.8, 4) is 0 Å². The molecule has 0 amide bonds. The van der Waals surface area contributed by atoms with Gasteiger partial charge < -0.3 is 20.6 Å². The van der Waals surface area contributed by atoms with E-state index in [0.29, 0.717) is 13.0 Å². The molecule has 60 valence electrons. The second kappa shape index (κ2) is 3.30. The smallest absolute Gasteiger partial charge is 0.0948 e. The highest BCUT2D eigenvalue weighted by Gasteiger charge is 2.30. The molecule has 4 heteroatoms. The minimum absolute atomic E-state index is 0.297. The summed E-state index contributed by atoms with van der Waals surface area (Å²) >= 11 is 0. The highest BCUT2D eigenvalue weighted by Crippen LogP contribution is 2.09. The van der Waals surface area contributed by atoms with Crippen molar-refractivity contribution in [2.75, 3.05) is 13.2 Å². The Morgan fingerprint density at radius 2 is 2.30 bits per heavy atom. The second-order valence-corrected chi connectivity index (χ2v) is 2.59. The molecular formula is C6H13NO3. The van der Waals surface area contributed by atoms with Gasteiger partial charge in [0.2, 0.25) is 0 Å². The summed E-state index contributed by atoms with van der Waals surface area (Å²) in [5.41, 5.74) is 0. The van der Waals surface area contributed by atoms with Gasteiger partial charge in [0.05, 0.1) is 24.9 Å². The molecule has 10 heavy (non-hydrogen) atoms. The zero-order chi connectivity index (χ0) is 7.56. The summed E-state index contributed by atoms with van der Waals surface area (Å²) in [6.45, 7) is 0.414. The second-order valence-electron chi connectivity index (χ2n) is 2.59. The van der Waals surface area contributed by atoms with Crippen LogP contribution >= 0.6 is 0 Å². The Kier molecular flexibility index (Phi) is 2.62. The lowest BCUT2D eigenvalue weighted by atomic mass is 10.1. The third kappa shape index (κ3) is 1.46. The molecule has 0 unspecified atom stereocenters. The van der Waals surface area contributed by atoms with E-state index >= 15 is 0 Å². The van der Waals surface area contributed by atoms with E-state index < -0.39 is 12.2 Å². The van der Waals surface area contributed by atoms with Gasteiger partial charge in [-0.25, -0.2) is 0 Å². The van der Waals surface area contributed by atoms with Crippen LogP contribution in [0.15, 0.2) is 0 Å². The maximum Gasteiger partial charge on any atom is 0.0948 e. The summed E-state index contributed by atoms with van der Waals surface area (Å²) in [6.07, 6.45) is -0.693. The fourth-order valence-corrected chi connectivity index (χ4v) is 1.22. The van der Waals surface area contributed by atoms with Crippen LogP contribution in [0.5, 0.6) is 0 Å². The lowest BCUT2D eigenvalue weighted by Crippen LogP contribution is -2.43. The summed E-state index contributed by atoms with van der Waals surface area (Å²) in [6, 6.07) is -0.343. The number of hydrogen-bond donors (Lipinski definition) is 4. The summed E-state index contributed by atoms with van der Waals surface area (Å²) in [7, 11) is 0. The lowest BCUT2D eigenvalue weighted by Gasteiger charge is -2.18. The van der Waals surface area contributed by atoms with Crippen LogP contribution in [-0.4, -0.2) is 46.7 Å². The van der Waals surface area contributed by atoms with Gasteiger partial charge in [-0.05, 0) is 13.0 Å². The monoisotopic (exact) mass is 147 g/mol. The average Bonchev–Trinajstić information content (AvgIpc) is 2.34. The van der Waals surface area contributed by atoms with E-state index in [4.69, 9.17) is 15.3 Å². The Morgan fingerprint density at radius 3 is 2.70 bits per heavy atom. The molecule has 0 radical (unpaired) electrons. The van der Waals surface area contributed by atoms with Crippen LogP contribution in [0, 0.1) is 0 Å². The van der Waals surface area contributed by atoms with Crippen molar-refractivity contribution in [2.45, 2.75) is 24.7 Å². The highest BCUT2D eigenvalue weighted by atomic mass is 16.3. The van der Waals surface area contributed by atoms with Gasteiger partial charge in [0.25, 0.3) is 0 Å². The van der Waals surface area contributed by atoms with E-state index in [0.717, 1.165) is 0 Å². The van der Waals surface area contributed by atoms with Gasteiger partial charge in [-0.15, -0.1) is 0 Å². The van der Waals surface area contributed by atoms with E-state index in [1.165, 1.54) is 0 Å². The zero-order valence-corrected chi connectivity index (χ0v) is 5.70. The van der Waals surface area contributed by atoms with Gasteiger partial charge in [-0.1, -0.05) is 0 Å². The predicted octanol–water partition coefficient (Wildman–Crippen LogP) is -1.94. The Hall–Kier alpha value is -0.160. The van der Waals surface area contributed by atoms with Crippen LogP contribution in [0.2, 0.25) is 0 Å². The third-order valence-electron chi connectivity index (χ3n) is 1.84. The third-order valence-corrected chi connectivity index (χ3v) is 1.84. The first-order valence-electron chi connectivity index (χ1n) is 3.46. The molecule has 1 heterocycles. The molecule has 1 rings (SSSR count). The molecule has 0 spiro atoms. The molecule has 0 aromatic rings. The van der Waals surface area contributed by atoms with Crippen LogP contribution < -0.4 is 5.32 Å². The molecule has 1 aliphatic rings. The van der Waals surface area contributed by atoms with Crippen molar-refractivity contribution in [1.29, 1.82) is 0 Å². The van der Waals surface area contributed by atoms with Gasteiger partial charge in [-0.2, -0.15) is 0 Å². The number of aliphatic hydroxyl groups excluding tert-OH is 3. The Labute approximate surface area is 59.5 Å². The molecule has 0 aliphatic carbocycles.